The molecule has 0 bridgehead atoms. The van der Waals surface area contributed by atoms with E-state index in [2.05, 4.69) is 37.2 Å². The molecule has 0 N–H and O–H groups in total. The molecule has 3 rings (SSSR count). The van der Waals surface area contributed by atoms with Crippen molar-refractivity contribution in [2.45, 2.75) is 37.5 Å². The second kappa shape index (κ2) is 5.76. The maximum absolute atomic E-state index is 13.3. The Hall–Kier alpha value is -1.41. The molecule has 0 aliphatic heterocycles. The van der Waals surface area contributed by atoms with Gasteiger partial charge in [0.2, 0.25) is 0 Å². The normalized spacial score (nSPS) is 18.3. The van der Waals surface area contributed by atoms with Crippen molar-refractivity contribution in [1.82, 2.24) is 4.90 Å². The van der Waals surface area contributed by atoms with E-state index in [1.54, 1.807) is 12.1 Å². The first-order valence-electron chi connectivity index (χ1n) is 7.94. The van der Waals surface area contributed by atoms with Crippen LogP contribution < -0.4 is 0 Å². The molecule has 0 unspecified atom stereocenters. The topological polar surface area (TPSA) is 3.24 Å². The van der Waals surface area contributed by atoms with E-state index in [0.717, 1.165) is 17.3 Å². The molecule has 1 aliphatic rings. The summed E-state index contributed by atoms with van der Waals surface area (Å²) in [5.74, 6) is -0.157. The molecule has 112 valence electrons. The summed E-state index contributed by atoms with van der Waals surface area (Å²) < 4.78 is 13.3. The van der Waals surface area contributed by atoms with Crippen LogP contribution >= 0.6 is 0 Å². The van der Waals surface area contributed by atoms with Gasteiger partial charge in [0.25, 0.3) is 0 Å². The van der Waals surface area contributed by atoms with Crippen molar-refractivity contribution in [1.29, 1.82) is 0 Å². The van der Waals surface area contributed by atoms with Gasteiger partial charge in [-0.25, -0.2) is 4.39 Å². The molecule has 2 aromatic carbocycles. The van der Waals surface area contributed by atoms with E-state index in [1.807, 2.05) is 6.07 Å². The zero-order valence-corrected chi connectivity index (χ0v) is 13.0. The van der Waals surface area contributed by atoms with Gasteiger partial charge in [0.05, 0.1) is 0 Å². The summed E-state index contributed by atoms with van der Waals surface area (Å²) in [6, 6.07) is 11.7. The number of likely N-dealkylation sites (N-methyl/N-ethyl adjacent to an activating group) is 1. The highest BCUT2D eigenvalue weighted by molar-refractivity contribution is 5.83. The molecular weight excluding hydrogens is 261 g/mol. The van der Waals surface area contributed by atoms with Crippen molar-refractivity contribution in [3.63, 3.8) is 0 Å². The van der Waals surface area contributed by atoms with Crippen LogP contribution in [0.1, 0.15) is 37.7 Å². The molecule has 0 saturated heterocycles. The van der Waals surface area contributed by atoms with Gasteiger partial charge < -0.3 is 4.90 Å². The van der Waals surface area contributed by atoms with Crippen LogP contribution in [0, 0.1) is 5.82 Å². The molecule has 0 amide bonds. The van der Waals surface area contributed by atoms with Gasteiger partial charge in [-0.2, -0.15) is 0 Å². The van der Waals surface area contributed by atoms with E-state index < -0.39 is 0 Å². The van der Waals surface area contributed by atoms with Gasteiger partial charge in [0, 0.05) is 12.0 Å². The van der Waals surface area contributed by atoms with Crippen LogP contribution in [-0.4, -0.2) is 25.5 Å². The van der Waals surface area contributed by atoms with E-state index in [0.29, 0.717) is 0 Å². The van der Waals surface area contributed by atoms with Crippen molar-refractivity contribution < 1.29 is 4.39 Å². The molecule has 2 heteroatoms. The Morgan fingerprint density at radius 1 is 0.952 bits per heavy atom. The van der Waals surface area contributed by atoms with Crippen LogP contribution in [0.15, 0.2) is 36.4 Å². The second-order valence-corrected chi connectivity index (χ2v) is 6.79. The fourth-order valence-electron chi connectivity index (χ4n) is 3.92. The summed E-state index contributed by atoms with van der Waals surface area (Å²) in [5, 5.41) is 2.15. The lowest BCUT2D eigenvalue weighted by Crippen LogP contribution is -2.39. The van der Waals surface area contributed by atoms with Crippen molar-refractivity contribution in [2.75, 3.05) is 20.6 Å². The number of rotatable bonds is 3. The Balaban J connectivity index is 2.04. The summed E-state index contributed by atoms with van der Waals surface area (Å²) in [5.41, 5.74) is 1.69. The van der Waals surface area contributed by atoms with Gasteiger partial charge in [-0.05, 0) is 55.4 Å². The van der Waals surface area contributed by atoms with Gasteiger partial charge in [0.15, 0.2) is 0 Å². The minimum absolute atomic E-state index is 0.157. The van der Waals surface area contributed by atoms with Gasteiger partial charge in [-0.1, -0.05) is 43.5 Å². The zero-order chi connectivity index (χ0) is 14.9. The average molecular weight is 285 g/mol. The molecule has 0 aromatic heterocycles. The zero-order valence-electron chi connectivity index (χ0n) is 13.0. The summed E-state index contributed by atoms with van der Waals surface area (Å²) in [7, 11) is 4.32. The van der Waals surface area contributed by atoms with E-state index in [1.165, 1.54) is 37.7 Å². The Labute approximate surface area is 126 Å². The molecule has 21 heavy (non-hydrogen) atoms. The predicted octanol–water partition coefficient (Wildman–Crippen LogP) is 4.74. The second-order valence-electron chi connectivity index (χ2n) is 6.79. The third-order valence-corrected chi connectivity index (χ3v) is 4.84. The molecule has 1 aliphatic carbocycles. The smallest absolute Gasteiger partial charge is 0.123 e. The molecule has 1 saturated carbocycles. The lowest BCUT2D eigenvalue weighted by molar-refractivity contribution is 0.216. The molecule has 0 atom stereocenters. The summed E-state index contributed by atoms with van der Waals surface area (Å²) in [6.45, 7) is 1.10. The van der Waals surface area contributed by atoms with Crippen LogP contribution in [0.4, 0.5) is 4.39 Å². The van der Waals surface area contributed by atoms with Crippen molar-refractivity contribution in [2.24, 2.45) is 0 Å². The summed E-state index contributed by atoms with van der Waals surface area (Å²) >= 11 is 0. The fraction of sp³-hybridized carbons (Fsp3) is 0.474. The third kappa shape index (κ3) is 2.96. The number of hydrogen-bond acceptors (Lipinski definition) is 1. The highest BCUT2D eigenvalue weighted by Gasteiger charge is 2.34. The average Bonchev–Trinajstić information content (AvgIpc) is 2.47. The van der Waals surface area contributed by atoms with E-state index in [4.69, 9.17) is 0 Å². The van der Waals surface area contributed by atoms with Crippen molar-refractivity contribution >= 4 is 10.8 Å². The van der Waals surface area contributed by atoms with E-state index in [9.17, 15) is 4.39 Å². The predicted molar refractivity (Wildman–Crippen MR) is 87.2 cm³/mol. The first-order chi connectivity index (χ1) is 10.1. The maximum atomic E-state index is 13.3. The molecule has 1 nitrogen and oxygen atoms in total. The Morgan fingerprint density at radius 3 is 2.33 bits per heavy atom. The monoisotopic (exact) mass is 285 g/mol. The molecule has 0 spiro atoms. The molecule has 2 aromatic rings. The van der Waals surface area contributed by atoms with Crippen LogP contribution in [0.3, 0.4) is 0 Å². The molecule has 0 radical (unpaired) electrons. The summed E-state index contributed by atoms with van der Waals surface area (Å²) in [6.07, 6.45) is 6.51. The molecular formula is C19H24FN. The van der Waals surface area contributed by atoms with Crippen molar-refractivity contribution in [3.8, 4) is 0 Å². The van der Waals surface area contributed by atoms with Gasteiger partial charge >= 0.3 is 0 Å². The van der Waals surface area contributed by atoms with Crippen LogP contribution in [0.5, 0.6) is 0 Å². The minimum Gasteiger partial charge on any atom is -0.309 e. The lowest BCUT2D eigenvalue weighted by Gasteiger charge is -2.40. The van der Waals surface area contributed by atoms with Crippen LogP contribution in [-0.2, 0) is 5.41 Å². The molecule has 1 fully saturated rings. The fourth-order valence-corrected chi connectivity index (χ4v) is 3.92. The third-order valence-electron chi connectivity index (χ3n) is 4.84. The standard InChI is InChI=1S/C19H24FN/c1-21(2)14-19(10-4-3-5-11-19)17-8-6-16-13-18(20)9-7-15(16)12-17/h6-9,12-13H,3-5,10-11,14H2,1-2H3. The molecule has 0 heterocycles. The number of hydrogen-bond donors (Lipinski definition) is 0. The van der Waals surface area contributed by atoms with E-state index in [-0.39, 0.29) is 11.2 Å². The van der Waals surface area contributed by atoms with Gasteiger partial charge in [0.1, 0.15) is 5.82 Å². The quantitative estimate of drug-likeness (QED) is 0.787. The van der Waals surface area contributed by atoms with Gasteiger partial charge in [-0.15, -0.1) is 0 Å². The lowest BCUT2D eigenvalue weighted by atomic mass is 9.69. The number of fused-ring (bicyclic) bond motifs is 1. The Morgan fingerprint density at radius 2 is 1.62 bits per heavy atom. The van der Waals surface area contributed by atoms with E-state index >= 15 is 0 Å². The largest absolute Gasteiger partial charge is 0.309 e. The van der Waals surface area contributed by atoms with Crippen LogP contribution in [0.25, 0.3) is 10.8 Å². The van der Waals surface area contributed by atoms with Gasteiger partial charge in [-0.3, -0.25) is 0 Å². The minimum atomic E-state index is -0.157. The number of benzene rings is 2. The SMILES string of the molecule is CN(C)CC1(c2ccc3cc(F)ccc3c2)CCCCC1. The highest BCUT2D eigenvalue weighted by Crippen LogP contribution is 2.40. The maximum Gasteiger partial charge on any atom is 0.123 e. The number of halogens is 1. The van der Waals surface area contributed by atoms with Crippen LogP contribution in [0.2, 0.25) is 0 Å². The first-order valence-corrected chi connectivity index (χ1v) is 7.94. The first kappa shape index (κ1) is 14.5. The highest BCUT2D eigenvalue weighted by atomic mass is 19.1. The number of nitrogens with zero attached hydrogens (tertiary/aromatic N) is 1. The summed E-state index contributed by atoms with van der Waals surface area (Å²) in [4.78, 5) is 2.31. The van der Waals surface area contributed by atoms with Crippen molar-refractivity contribution in [3.05, 3.63) is 47.8 Å². The Kier molecular flexibility index (Phi) is 3.99. The Bertz CT molecular complexity index is 626.